The summed E-state index contributed by atoms with van der Waals surface area (Å²) < 4.78 is 0. The molecule has 0 aromatic carbocycles. The van der Waals surface area contributed by atoms with Gasteiger partial charge in [-0.15, -0.1) is 0 Å². The number of carboxylic acids is 1. The van der Waals surface area contributed by atoms with Crippen molar-refractivity contribution in [2.24, 2.45) is 0 Å². The minimum atomic E-state index is -0.939. The quantitative estimate of drug-likeness (QED) is 0.644. The molecule has 4 nitrogen and oxygen atoms in total. The third kappa shape index (κ3) is 3.38. The van der Waals surface area contributed by atoms with Crippen LogP contribution in [-0.4, -0.2) is 40.3 Å². The average Bonchev–Trinajstić information content (AvgIpc) is 2.64. The van der Waals surface area contributed by atoms with Crippen LogP contribution in [0.3, 0.4) is 0 Å². The van der Waals surface area contributed by atoms with Gasteiger partial charge < -0.3 is 15.1 Å². The van der Waals surface area contributed by atoms with E-state index in [0.29, 0.717) is 12.6 Å². The first kappa shape index (κ1) is 11.0. The van der Waals surface area contributed by atoms with Crippen LogP contribution in [0.4, 0.5) is 0 Å². The molecule has 1 rings (SSSR count). The van der Waals surface area contributed by atoms with E-state index < -0.39 is 5.97 Å². The lowest BCUT2D eigenvalue weighted by Gasteiger charge is -2.26. The number of aliphatic carboxylic acids is 1. The number of nitrogens with zero attached hydrogens (tertiary/aromatic N) is 1. The van der Waals surface area contributed by atoms with Gasteiger partial charge in [0.2, 0.25) is 0 Å². The van der Waals surface area contributed by atoms with Crippen molar-refractivity contribution < 1.29 is 15.0 Å². The van der Waals surface area contributed by atoms with Crippen molar-refractivity contribution in [2.75, 3.05) is 13.2 Å². The molecule has 0 unspecified atom stereocenters. The second-order valence-electron chi connectivity index (χ2n) is 3.55. The molecule has 0 saturated heterocycles. The summed E-state index contributed by atoms with van der Waals surface area (Å²) in [5.74, 6) is -0.939. The second kappa shape index (κ2) is 5.65. The van der Waals surface area contributed by atoms with Gasteiger partial charge >= 0.3 is 5.97 Å². The summed E-state index contributed by atoms with van der Waals surface area (Å²) in [6, 6.07) is 0.415. The lowest BCUT2D eigenvalue weighted by molar-refractivity contribution is -0.131. The molecule has 2 N–H and O–H groups in total. The van der Waals surface area contributed by atoms with E-state index in [1.807, 2.05) is 4.90 Å². The highest BCUT2D eigenvalue weighted by Crippen LogP contribution is 2.23. The lowest BCUT2D eigenvalue weighted by Crippen LogP contribution is -2.31. The highest BCUT2D eigenvalue weighted by molar-refractivity contribution is 5.79. The molecule has 1 aliphatic rings. The maximum Gasteiger partial charge on any atom is 0.329 e. The van der Waals surface area contributed by atoms with Gasteiger partial charge in [-0.25, -0.2) is 4.79 Å². The number of carboxylic acid groups (broad SMARTS) is 1. The zero-order valence-corrected chi connectivity index (χ0v) is 8.22. The van der Waals surface area contributed by atoms with Crippen molar-refractivity contribution in [1.82, 2.24) is 4.90 Å². The van der Waals surface area contributed by atoms with Gasteiger partial charge in [-0.3, -0.25) is 0 Å². The zero-order chi connectivity index (χ0) is 10.4. The fourth-order valence-electron chi connectivity index (χ4n) is 1.89. The molecule has 0 radical (unpaired) electrons. The predicted molar refractivity (Wildman–Crippen MR) is 52.8 cm³/mol. The van der Waals surface area contributed by atoms with Crippen LogP contribution in [-0.2, 0) is 4.79 Å². The molecule has 1 saturated carbocycles. The van der Waals surface area contributed by atoms with Gasteiger partial charge in [-0.1, -0.05) is 12.8 Å². The van der Waals surface area contributed by atoms with Crippen molar-refractivity contribution in [3.05, 3.63) is 12.3 Å². The second-order valence-corrected chi connectivity index (χ2v) is 3.55. The summed E-state index contributed by atoms with van der Waals surface area (Å²) in [4.78, 5) is 12.3. The van der Waals surface area contributed by atoms with E-state index in [9.17, 15) is 4.79 Å². The fourth-order valence-corrected chi connectivity index (χ4v) is 1.89. The van der Waals surface area contributed by atoms with Gasteiger partial charge in [0.25, 0.3) is 0 Å². The van der Waals surface area contributed by atoms with Gasteiger partial charge in [0.1, 0.15) is 0 Å². The molecule has 0 amide bonds. The van der Waals surface area contributed by atoms with Crippen LogP contribution in [0.1, 0.15) is 25.7 Å². The number of carbonyl (C=O) groups is 1. The van der Waals surface area contributed by atoms with Gasteiger partial charge in [0, 0.05) is 24.9 Å². The Bertz CT molecular complexity index is 209. The Balaban J connectivity index is 2.48. The number of aliphatic hydroxyl groups excluding tert-OH is 1. The molecule has 0 spiro atoms. The third-order valence-corrected chi connectivity index (χ3v) is 2.56. The molecule has 0 heterocycles. The monoisotopic (exact) mass is 199 g/mol. The van der Waals surface area contributed by atoms with Crippen LogP contribution >= 0.6 is 0 Å². The van der Waals surface area contributed by atoms with Gasteiger partial charge in [0.05, 0.1) is 6.61 Å². The fraction of sp³-hybridized carbons (Fsp3) is 0.700. The number of rotatable bonds is 5. The SMILES string of the molecule is O=C(O)C=CN(CCO)C1CCCC1. The van der Waals surface area contributed by atoms with Crippen molar-refractivity contribution in [3.8, 4) is 0 Å². The third-order valence-electron chi connectivity index (χ3n) is 2.56. The van der Waals surface area contributed by atoms with Crippen LogP contribution in [0.25, 0.3) is 0 Å². The number of hydrogen-bond donors (Lipinski definition) is 2. The molecular formula is C10H17NO3. The minimum Gasteiger partial charge on any atom is -0.478 e. The lowest BCUT2D eigenvalue weighted by atomic mass is 10.2. The highest BCUT2D eigenvalue weighted by atomic mass is 16.4. The first-order valence-electron chi connectivity index (χ1n) is 5.02. The molecule has 0 aliphatic heterocycles. The molecule has 0 atom stereocenters. The van der Waals surface area contributed by atoms with Crippen LogP contribution in [0.2, 0.25) is 0 Å². The van der Waals surface area contributed by atoms with Crippen LogP contribution in [0.5, 0.6) is 0 Å². The van der Waals surface area contributed by atoms with E-state index >= 15 is 0 Å². The van der Waals surface area contributed by atoms with Crippen molar-refractivity contribution in [2.45, 2.75) is 31.7 Å². The molecule has 0 aromatic rings. The first-order valence-corrected chi connectivity index (χ1v) is 5.02. The van der Waals surface area contributed by atoms with Crippen LogP contribution in [0.15, 0.2) is 12.3 Å². The number of hydrogen-bond acceptors (Lipinski definition) is 3. The van der Waals surface area contributed by atoms with E-state index in [4.69, 9.17) is 10.2 Å². The van der Waals surface area contributed by atoms with Gasteiger partial charge in [-0.2, -0.15) is 0 Å². The highest BCUT2D eigenvalue weighted by Gasteiger charge is 2.19. The summed E-state index contributed by atoms with van der Waals surface area (Å²) in [6.07, 6.45) is 7.32. The molecular weight excluding hydrogens is 182 g/mol. The van der Waals surface area contributed by atoms with Gasteiger partial charge in [-0.05, 0) is 12.8 Å². The molecule has 80 valence electrons. The van der Waals surface area contributed by atoms with Crippen LogP contribution < -0.4 is 0 Å². The summed E-state index contributed by atoms with van der Waals surface area (Å²) in [6.45, 7) is 0.592. The molecule has 14 heavy (non-hydrogen) atoms. The van der Waals surface area contributed by atoms with Crippen molar-refractivity contribution in [1.29, 1.82) is 0 Å². The van der Waals surface area contributed by atoms with E-state index in [1.54, 1.807) is 6.20 Å². The molecule has 1 aliphatic carbocycles. The topological polar surface area (TPSA) is 60.8 Å². The Hall–Kier alpha value is -1.03. The van der Waals surface area contributed by atoms with Crippen molar-refractivity contribution in [3.63, 3.8) is 0 Å². The van der Waals surface area contributed by atoms with Crippen LogP contribution in [0, 0.1) is 0 Å². The average molecular weight is 199 g/mol. The Kier molecular flexibility index (Phi) is 4.46. The molecule has 1 fully saturated rings. The van der Waals surface area contributed by atoms with E-state index in [-0.39, 0.29) is 6.61 Å². The summed E-state index contributed by atoms with van der Waals surface area (Å²) in [5.41, 5.74) is 0. The maximum absolute atomic E-state index is 10.3. The summed E-state index contributed by atoms with van der Waals surface area (Å²) in [7, 11) is 0. The van der Waals surface area contributed by atoms with Crippen molar-refractivity contribution >= 4 is 5.97 Å². The molecule has 0 aromatic heterocycles. The Labute approximate surface area is 83.8 Å². The largest absolute Gasteiger partial charge is 0.478 e. The zero-order valence-electron chi connectivity index (χ0n) is 8.22. The maximum atomic E-state index is 10.3. The Morgan fingerprint density at radius 3 is 2.57 bits per heavy atom. The van der Waals surface area contributed by atoms with Gasteiger partial charge in [0.15, 0.2) is 0 Å². The predicted octanol–water partition coefficient (Wildman–Crippen LogP) is 0.822. The first-order chi connectivity index (χ1) is 6.74. The van der Waals surface area contributed by atoms with E-state index in [1.165, 1.54) is 12.8 Å². The Morgan fingerprint density at radius 1 is 1.43 bits per heavy atom. The standard InChI is InChI=1S/C10H17NO3/c12-8-7-11(6-5-10(13)14)9-3-1-2-4-9/h5-6,9,12H,1-4,7-8H2,(H,13,14). The van der Waals surface area contributed by atoms with E-state index in [0.717, 1.165) is 18.9 Å². The molecule has 4 heteroatoms. The Morgan fingerprint density at radius 2 is 2.07 bits per heavy atom. The molecule has 0 bridgehead atoms. The summed E-state index contributed by atoms with van der Waals surface area (Å²) in [5, 5.41) is 17.3. The normalized spacial score (nSPS) is 17.8. The number of aliphatic hydroxyl groups is 1. The minimum absolute atomic E-state index is 0.0699. The van der Waals surface area contributed by atoms with E-state index in [2.05, 4.69) is 0 Å². The summed E-state index contributed by atoms with van der Waals surface area (Å²) >= 11 is 0. The smallest absolute Gasteiger partial charge is 0.329 e.